The number of hydrogen-bond donors (Lipinski definition) is 0. The van der Waals surface area contributed by atoms with E-state index in [0.29, 0.717) is 12.0 Å². The second-order valence-electron chi connectivity index (χ2n) is 4.44. The zero-order chi connectivity index (χ0) is 11.0. The van der Waals surface area contributed by atoms with E-state index >= 15 is 0 Å². The van der Waals surface area contributed by atoms with Gasteiger partial charge in [0.1, 0.15) is 0 Å². The summed E-state index contributed by atoms with van der Waals surface area (Å²) in [5, 5.41) is 0. The van der Waals surface area contributed by atoms with E-state index in [-0.39, 0.29) is 5.91 Å². The molecule has 1 aliphatic rings. The van der Waals surface area contributed by atoms with Crippen LogP contribution in [0.25, 0.3) is 0 Å². The molecule has 1 aliphatic heterocycles. The fourth-order valence-electron chi connectivity index (χ4n) is 2.37. The predicted molar refractivity (Wildman–Crippen MR) is 61.9 cm³/mol. The third-order valence-corrected chi connectivity index (χ3v) is 3.36. The number of carbonyl (C=O) groups excluding carboxylic acids is 1. The van der Waals surface area contributed by atoms with Gasteiger partial charge in [-0.1, -0.05) is 25.1 Å². The quantitative estimate of drug-likeness (QED) is 0.634. The van der Waals surface area contributed by atoms with E-state index in [1.807, 2.05) is 23.1 Å². The van der Waals surface area contributed by atoms with E-state index < -0.39 is 0 Å². The van der Waals surface area contributed by atoms with Crippen LogP contribution in [-0.4, -0.2) is 11.9 Å². The topological polar surface area (TPSA) is 20.3 Å². The fourth-order valence-corrected chi connectivity index (χ4v) is 2.37. The molecule has 80 valence electrons. The van der Waals surface area contributed by atoms with Gasteiger partial charge in [-0.3, -0.25) is 4.79 Å². The molecular weight excluding hydrogens is 186 g/mol. The number of fused-ring (bicyclic) bond motifs is 1. The summed E-state index contributed by atoms with van der Waals surface area (Å²) in [5.41, 5.74) is 2.38. The van der Waals surface area contributed by atoms with Gasteiger partial charge in [0.15, 0.2) is 0 Å². The SMILES string of the molecule is CC(=O)N1c2ccccc2CC(C)[C@@H]1C. The summed E-state index contributed by atoms with van der Waals surface area (Å²) >= 11 is 0. The van der Waals surface area contributed by atoms with Crippen molar-refractivity contribution in [3.8, 4) is 0 Å². The van der Waals surface area contributed by atoms with Crippen molar-refractivity contribution in [2.45, 2.75) is 33.2 Å². The Bertz CT molecular complexity index is 386. The Morgan fingerprint density at radius 2 is 2.00 bits per heavy atom. The Morgan fingerprint density at radius 1 is 1.33 bits per heavy atom. The van der Waals surface area contributed by atoms with Crippen LogP contribution in [-0.2, 0) is 11.2 Å². The van der Waals surface area contributed by atoms with Gasteiger partial charge in [-0.2, -0.15) is 0 Å². The maximum Gasteiger partial charge on any atom is 0.224 e. The first-order valence-corrected chi connectivity index (χ1v) is 5.49. The molecule has 1 unspecified atom stereocenters. The third-order valence-electron chi connectivity index (χ3n) is 3.36. The number of para-hydroxylation sites is 1. The van der Waals surface area contributed by atoms with Crippen LogP contribution in [0.4, 0.5) is 5.69 Å². The van der Waals surface area contributed by atoms with Crippen molar-refractivity contribution in [1.82, 2.24) is 0 Å². The summed E-state index contributed by atoms with van der Waals surface area (Å²) in [6.45, 7) is 5.98. The Kier molecular flexibility index (Phi) is 2.51. The van der Waals surface area contributed by atoms with Crippen molar-refractivity contribution in [3.63, 3.8) is 0 Å². The molecule has 1 aromatic rings. The second-order valence-corrected chi connectivity index (χ2v) is 4.44. The minimum Gasteiger partial charge on any atom is -0.309 e. The van der Waals surface area contributed by atoms with Crippen molar-refractivity contribution in [1.29, 1.82) is 0 Å². The Hall–Kier alpha value is -1.31. The van der Waals surface area contributed by atoms with Crippen molar-refractivity contribution >= 4 is 11.6 Å². The lowest BCUT2D eigenvalue weighted by Crippen LogP contribution is -2.45. The largest absolute Gasteiger partial charge is 0.309 e. The van der Waals surface area contributed by atoms with Crippen LogP contribution < -0.4 is 4.90 Å². The van der Waals surface area contributed by atoms with Crippen LogP contribution in [0.5, 0.6) is 0 Å². The molecule has 0 saturated heterocycles. The molecule has 0 aliphatic carbocycles. The van der Waals surface area contributed by atoms with Crippen molar-refractivity contribution in [2.24, 2.45) is 5.92 Å². The number of benzene rings is 1. The summed E-state index contributed by atoms with van der Waals surface area (Å²) in [4.78, 5) is 13.6. The van der Waals surface area contributed by atoms with E-state index in [9.17, 15) is 4.79 Å². The van der Waals surface area contributed by atoms with E-state index in [0.717, 1.165) is 12.1 Å². The zero-order valence-corrected chi connectivity index (χ0v) is 9.53. The van der Waals surface area contributed by atoms with Gasteiger partial charge in [-0.15, -0.1) is 0 Å². The van der Waals surface area contributed by atoms with Crippen LogP contribution in [0, 0.1) is 5.92 Å². The molecule has 2 nitrogen and oxygen atoms in total. The van der Waals surface area contributed by atoms with Crippen molar-refractivity contribution in [2.75, 3.05) is 4.90 Å². The molecule has 0 bridgehead atoms. The van der Waals surface area contributed by atoms with Crippen LogP contribution >= 0.6 is 0 Å². The average molecular weight is 203 g/mol. The molecular formula is C13H17NO. The maximum atomic E-state index is 11.6. The van der Waals surface area contributed by atoms with Gasteiger partial charge in [0.2, 0.25) is 5.91 Å². The molecule has 0 saturated carbocycles. The predicted octanol–water partition coefficient (Wildman–Crippen LogP) is 2.62. The van der Waals surface area contributed by atoms with Gasteiger partial charge in [0, 0.05) is 18.7 Å². The normalized spacial score (nSPS) is 24.9. The van der Waals surface area contributed by atoms with Crippen LogP contribution in [0.2, 0.25) is 0 Å². The Morgan fingerprint density at radius 3 is 2.67 bits per heavy atom. The molecule has 0 fully saturated rings. The molecule has 2 rings (SSSR count). The smallest absolute Gasteiger partial charge is 0.224 e. The summed E-state index contributed by atoms with van der Waals surface area (Å²) in [5.74, 6) is 0.672. The number of anilines is 1. The van der Waals surface area contributed by atoms with Gasteiger partial charge >= 0.3 is 0 Å². The molecule has 2 atom stereocenters. The van der Waals surface area contributed by atoms with Gasteiger partial charge in [-0.05, 0) is 30.9 Å². The van der Waals surface area contributed by atoms with Crippen molar-refractivity contribution in [3.05, 3.63) is 29.8 Å². The monoisotopic (exact) mass is 203 g/mol. The summed E-state index contributed by atoms with van der Waals surface area (Å²) in [6.07, 6.45) is 1.07. The van der Waals surface area contributed by atoms with Crippen LogP contribution in [0.3, 0.4) is 0 Å². The molecule has 1 aromatic carbocycles. The molecule has 0 aromatic heterocycles. The lowest BCUT2D eigenvalue weighted by molar-refractivity contribution is -0.117. The number of carbonyl (C=O) groups is 1. The molecule has 15 heavy (non-hydrogen) atoms. The van der Waals surface area contributed by atoms with Gasteiger partial charge < -0.3 is 4.90 Å². The fraction of sp³-hybridized carbons (Fsp3) is 0.462. The van der Waals surface area contributed by atoms with Gasteiger partial charge in [0.05, 0.1) is 0 Å². The first kappa shape index (κ1) is 10.2. The highest BCUT2D eigenvalue weighted by Gasteiger charge is 2.30. The highest BCUT2D eigenvalue weighted by molar-refractivity contribution is 5.93. The maximum absolute atomic E-state index is 11.6. The highest BCUT2D eigenvalue weighted by Crippen LogP contribution is 2.33. The summed E-state index contributed by atoms with van der Waals surface area (Å²) < 4.78 is 0. The van der Waals surface area contributed by atoms with Crippen molar-refractivity contribution < 1.29 is 4.79 Å². The number of rotatable bonds is 0. The molecule has 2 heteroatoms. The lowest BCUT2D eigenvalue weighted by Gasteiger charge is -2.38. The van der Waals surface area contributed by atoms with E-state index in [1.54, 1.807) is 6.92 Å². The first-order chi connectivity index (χ1) is 7.11. The molecule has 0 spiro atoms. The lowest BCUT2D eigenvalue weighted by atomic mass is 9.88. The molecule has 0 N–H and O–H groups in total. The van der Waals surface area contributed by atoms with E-state index in [4.69, 9.17) is 0 Å². The summed E-state index contributed by atoms with van der Waals surface area (Å²) in [6, 6.07) is 8.50. The zero-order valence-electron chi connectivity index (χ0n) is 9.53. The van der Waals surface area contributed by atoms with Gasteiger partial charge in [0.25, 0.3) is 0 Å². The molecule has 0 radical (unpaired) electrons. The minimum atomic E-state index is 0.140. The van der Waals surface area contributed by atoms with Crippen LogP contribution in [0.15, 0.2) is 24.3 Å². The van der Waals surface area contributed by atoms with Gasteiger partial charge in [-0.25, -0.2) is 0 Å². The summed E-state index contributed by atoms with van der Waals surface area (Å²) in [7, 11) is 0. The Labute approximate surface area is 90.9 Å². The van der Waals surface area contributed by atoms with E-state index in [2.05, 4.69) is 19.9 Å². The number of hydrogen-bond acceptors (Lipinski definition) is 1. The van der Waals surface area contributed by atoms with Crippen LogP contribution in [0.1, 0.15) is 26.3 Å². The molecule has 1 heterocycles. The number of nitrogens with zero attached hydrogens (tertiary/aromatic N) is 1. The average Bonchev–Trinajstić information content (AvgIpc) is 2.19. The van der Waals surface area contributed by atoms with E-state index in [1.165, 1.54) is 5.56 Å². The second kappa shape index (κ2) is 3.69. The Balaban J connectivity index is 2.49. The standard InChI is InChI=1S/C13H17NO/c1-9-8-12-6-4-5-7-13(12)14(10(9)2)11(3)15/h4-7,9-10H,8H2,1-3H3/t9?,10-/m0/s1. The highest BCUT2D eigenvalue weighted by atomic mass is 16.2. The first-order valence-electron chi connectivity index (χ1n) is 5.49. The number of amides is 1. The minimum absolute atomic E-state index is 0.140. The molecule has 1 amide bonds. The third kappa shape index (κ3) is 1.65.